The molecule has 2 N–H and O–H groups in total. The average Bonchev–Trinajstić information content (AvgIpc) is 3.06. The number of nitrogens with one attached hydrogen (secondary N) is 2. The van der Waals surface area contributed by atoms with Crippen molar-refractivity contribution in [3.8, 4) is 0 Å². The fourth-order valence-electron chi connectivity index (χ4n) is 3.33. The van der Waals surface area contributed by atoms with Crippen molar-refractivity contribution in [3.05, 3.63) is 70.5 Å². The maximum absolute atomic E-state index is 12.5. The third-order valence-electron chi connectivity index (χ3n) is 4.72. The Morgan fingerprint density at radius 1 is 1.03 bits per heavy atom. The lowest BCUT2D eigenvalue weighted by atomic mass is 10.1. The highest BCUT2D eigenvalue weighted by Gasteiger charge is 2.19. The van der Waals surface area contributed by atoms with Crippen LogP contribution in [-0.4, -0.2) is 32.3 Å². The Labute approximate surface area is 186 Å². The molecule has 2 amide bonds. The van der Waals surface area contributed by atoms with E-state index in [1.165, 1.54) is 11.8 Å². The van der Waals surface area contributed by atoms with Gasteiger partial charge in [-0.2, -0.15) is 0 Å². The molecule has 7 nitrogen and oxygen atoms in total. The second-order valence-corrected chi connectivity index (χ2v) is 8.62. The number of anilines is 1. The molecule has 0 aliphatic rings. The Kier molecular flexibility index (Phi) is 7.12. The van der Waals surface area contributed by atoms with E-state index >= 15 is 0 Å². The smallest absolute Gasteiger partial charge is 0.251 e. The highest BCUT2D eigenvalue weighted by Crippen LogP contribution is 2.20. The van der Waals surface area contributed by atoms with Gasteiger partial charge in [-0.3, -0.25) is 9.59 Å². The molecule has 2 aromatic carbocycles. The lowest BCUT2D eigenvalue weighted by Crippen LogP contribution is -2.28. The van der Waals surface area contributed by atoms with E-state index in [1.807, 2.05) is 65.1 Å². The molecule has 31 heavy (non-hydrogen) atoms. The van der Waals surface area contributed by atoms with Crippen LogP contribution in [0.1, 0.15) is 45.8 Å². The van der Waals surface area contributed by atoms with Gasteiger partial charge in [0, 0.05) is 18.3 Å². The molecule has 0 saturated heterocycles. The molecule has 0 spiro atoms. The summed E-state index contributed by atoms with van der Waals surface area (Å²) in [6, 6.07) is 13.0. The quantitative estimate of drug-likeness (QED) is 0.546. The van der Waals surface area contributed by atoms with Crippen molar-refractivity contribution in [1.82, 2.24) is 20.1 Å². The van der Waals surface area contributed by atoms with Crippen molar-refractivity contribution in [1.29, 1.82) is 0 Å². The van der Waals surface area contributed by atoms with E-state index in [4.69, 9.17) is 0 Å². The second-order valence-electron chi connectivity index (χ2n) is 7.68. The molecule has 0 bridgehead atoms. The minimum atomic E-state index is -0.330. The van der Waals surface area contributed by atoms with Crippen molar-refractivity contribution in [2.75, 3.05) is 11.1 Å². The SMILES string of the molecule is Cc1cc(C)cc(NC(=O)CSc2nnc([C@H](C)NC(=O)c3cccc(C)c3)n2C)c1. The average molecular weight is 438 g/mol. The zero-order chi connectivity index (χ0) is 22.5. The number of hydrogen-bond donors (Lipinski definition) is 2. The van der Waals surface area contributed by atoms with Gasteiger partial charge >= 0.3 is 0 Å². The maximum atomic E-state index is 12.5. The number of thioether (sulfide) groups is 1. The molecule has 1 atom stereocenters. The molecule has 162 valence electrons. The van der Waals surface area contributed by atoms with Gasteiger partial charge in [-0.05, 0) is 63.1 Å². The molecule has 3 aromatic rings. The second kappa shape index (κ2) is 9.78. The van der Waals surface area contributed by atoms with Crippen molar-refractivity contribution in [2.45, 2.75) is 38.9 Å². The van der Waals surface area contributed by atoms with E-state index < -0.39 is 0 Å². The number of amides is 2. The summed E-state index contributed by atoms with van der Waals surface area (Å²) in [5, 5.41) is 14.9. The van der Waals surface area contributed by atoms with Crippen molar-refractivity contribution in [3.63, 3.8) is 0 Å². The summed E-state index contributed by atoms with van der Waals surface area (Å²) in [5.74, 6) is 0.558. The number of benzene rings is 2. The van der Waals surface area contributed by atoms with E-state index in [-0.39, 0.29) is 23.6 Å². The van der Waals surface area contributed by atoms with Crippen molar-refractivity contribution < 1.29 is 9.59 Å². The van der Waals surface area contributed by atoms with Crippen LogP contribution in [0, 0.1) is 20.8 Å². The van der Waals surface area contributed by atoms with Crippen LogP contribution in [0.5, 0.6) is 0 Å². The molecular weight excluding hydrogens is 410 g/mol. The van der Waals surface area contributed by atoms with Crippen LogP contribution in [-0.2, 0) is 11.8 Å². The Balaban J connectivity index is 1.59. The Hall–Kier alpha value is -3.13. The van der Waals surface area contributed by atoms with E-state index in [2.05, 4.69) is 26.9 Å². The highest BCUT2D eigenvalue weighted by molar-refractivity contribution is 7.99. The lowest BCUT2D eigenvalue weighted by molar-refractivity contribution is -0.113. The summed E-state index contributed by atoms with van der Waals surface area (Å²) in [6.07, 6.45) is 0. The van der Waals surface area contributed by atoms with E-state index in [9.17, 15) is 9.59 Å². The van der Waals surface area contributed by atoms with E-state index in [1.54, 1.807) is 10.6 Å². The van der Waals surface area contributed by atoms with Gasteiger partial charge in [-0.15, -0.1) is 10.2 Å². The van der Waals surface area contributed by atoms with Gasteiger partial charge in [0.05, 0.1) is 11.8 Å². The standard InChI is InChI=1S/C23H27N5O2S/c1-14-7-6-8-18(10-14)22(30)24-17(4)21-26-27-23(28(21)5)31-13-20(29)25-19-11-15(2)9-16(3)12-19/h6-12,17H,13H2,1-5H3,(H,24,30)(H,25,29)/t17-/m0/s1. The summed E-state index contributed by atoms with van der Waals surface area (Å²) < 4.78 is 1.80. The summed E-state index contributed by atoms with van der Waals surface area (Å²) in [6.45, 7) is 7.80. The van der Waals surface area contributed by atoms with Gasteiger partial charge < -0.3 is 15.2 Å². The monoisotopic (exact) mass is 437 g/mol. The lowest BCUT2D eigenvalue weighted by Gasteiger charge is -2.14. The Morgan fingerprint density at radius 2 is 1.74 bits per heavy atom. The molecule has 0 saturated carbocycles. The fraction of sp³-hybridized carbons (Fsp3) is 0.304. The van der Waals surface area contributed by atoms with Gasteiger partial charge in [-0.25, -0.2) is 0 Å². The first-order valence-corrected chi connectivity index (χ1v) is 11.0. The van der Waals surface area contributed by atoms with E-state index in [0.29, 0.717) is 16.5 Å². The number of nitrogens with zero attached hydrogens (tertiary/aromatic N) is 3. The van der Waals surface area contributed by atoms with Gasteiger partial charge in [0.25, 0.3) is 5.91 Å². The van der Waals surface area contributed by atoms with Crippen molar-refractivity contribution in [2.24, 2.45) is 7.05 Å². The third kappa shape index (κ3) is 5.95. The molecule has 1 heterocycles. The normalized spacial score (nSPS) is 11.8. The number of aromatic nitrogens is 3. The highest BCUT2D eigenvalue weighted by atomic mass is 32.2. The van der Waals surface area contributed by atoms with Crippen molar-refractivity contribution >= 4 is 29.3 Å². The predicted octanol–water partition coefficient (Wildman–Crippen LogP) is 3.96. The fourth-order valence-corrected chi connectivity index (χ4v) is 4.05. The summed E-state index contributed by atoms with van der Waals surface area (Å²) in [5.41, 5.74) is 4.61. The number of hydrogen-bond acceptors (Lipinski definition) is 5. The number of rotatable bonds is 7. The van der Waals surface area contributed by atoms with Gasteiger partial charge in [-0.1, -0.05) is 35.5 Å². The molecule has 0 radical (unpaired) electrons. The molecular formula is C23H27N5O2S. The summed E-state index contributed by atoms with van der Waals surface area (Å²) >= 11 is 1.30. The molecule has 0 fully saturated rings. The van der Waals surface area contributed by atoms with Gasteiger partial charge in [0.2, 0.25) is 5.91 Å². The maximum Gasteiger partial charge on any atom is 0.251 e. The number of carbonyl (C=O) groups is 2. The van der Waals surface area contributed by atoms with Crippen LogP contribution >= 0.6 is 11.8 Å². The van der Waals surface area contributed by atoms with Crippen LogP contribution < -0.4 is 10.6 Å². The van der Waals surface area contributed by atoms with E-state index in [0.717, 1.165) is 22.4 Å². The van der Waals surface area contributed by atoms with Crippen LogP contribution in [0.4, 0.5) is 5.69 Å². The minimum absolute atomic E-state index is 0.111. The van der Waals surface area contributed by atoms with Crippen LogP contribution in [0.25, 0.3) is 0 Å². The largest absolute Gasteiger partial charge is 0.342 e. The first-order chi connectivity index (χ1) is 14.7. The zero-order valence-electron chi connectivity index (χ0n) is 18.4. The Bertz CT molecular complexity index is 1090. The molecule has 0 aliphatic carbocycles. The Morgan fingerprint density at radius 3 is 2.42 bits per heavy atom. The zero-order valence-corrected chi connectivity index (χ0v) is 19.2. The summed E-state index contributed by atoms with van der Waals surface area (Å²) in [4.78, 5) is 24.9. The molecule has 8 heteroatoms. The number of carbonyl (C=O) groups excluding carboxylic acids is 2. The molecule has 3 rings (SSSR count). The first kappa shape index (κ1) is 22.6. The first-order valence-electron chi connectivity index (χ1n) is 10.0. The summed E-state index contributed by atoms with van der Waals surface area (Å²) in [7, 11) is 1.83. The van der Waals surface area contributed by atoms with Crippen LogP contribution in [0.3, 0.4) is 0 Å². The van der Waals surface area contributed by atoms with Crippen LogP contribution in [0.2, 0.25) is 0 Å². The third-order valence-corrected chi connectivity index (χ3v) is 5.74. The van der Waals surface area contributed by atoms with Gasteiger partial charge in [0.15, 0.2) is 11.0 Å². The van der Waals surface area contributed by atoms with Crippen LogP contribution in [0.15, 0.2) is 47.6 Å². The van der Waals surface area contributed by atoms with Gasteiger partial charge in [0.1, 0.15) is 0 Å². The topological polar surface area (TPSA) is 88.9 Å². The molecule has 0 aliphatic heterocycles. The molecule has 1 aromatic heterocycles. The number of aryl methyl sites for hydroxylation is 3. The minimum Gasteiger partial charge on any atom is -0.342 e. The molecule has 0 unspecified atom stereocenters. The predicted molar refractivity (Wildman–Crippen MR) is 123 cm³/mol.